The smallest absolute Gasteiger partial charge is 0.471 e. The van der Waals surface area contributed by atoms with Gasteiger partial charge in [-0.25, -0.2) is 4.79 Å². The van der Waals surface area contributed by atoms with Crippen LogP contribution in [0.4, 0.5) is 13.2 Å². The lowest BCUT2D eigenvalue weighted by molar-refractivity contribution is -0.308. The Balaban J connectivity index is 4.65. The number of esters is 1. The normalized spacial score (nSPS) is 13.4. The molecule has 0 saturated carbocycles. The molecule has 0 aromatic rings. The summed E-state index contributed by atoms with van der Waals surface area (Å²) in [5.41, 5.74) is 0. The summed E-state index contributed by atoms with van der Waals surface area (Å²) in [6, 6.07) is -3.52. The minimum atomic E-state index is -5.30. The number of hydrogen-bond acceptors (Lipinski definition) is 7. The highest BCUT2D eigenvalue weighted by atomic mass is 19.4. The minimum absolute atomic E-state index is 0.124. The molecule has 164 valence electrons. The molecule has 1 unspecified atom stereocenters. The molecule has 13 heteroatoms. The van der Waals surface area contributed by atoms with E-state index in [9.17, 15) is 42.3 Å². The highest BCUT2D eigenvalue weighted by Crippen LogP contribution is 2.15. The molecule has 0 saturated heterocycles. The van der Waals surface area contributed by atoms with Crippen LogP contribution in [0, 0.1) is 0 Å². The van der Waals surface area contributed by atoms with Crippen LogP contribution in [0.5, 0.6) is 0 Å². The van der Waals surface area contributed by atoms with Crippen LogP contribution >= 0.6 is 0 Å². The van der Waals surface area contributed by atoms with Crippen molar-refractivity contribution in [2.75, 3.05) is 6.61 Å². The topological polar surface area (TPSA) is 162 Å². The molecule has 0 bridgehead atoms. The molecule has 2 atom stereocenters. The van der Waals surface area contributed by atoms with Crippen molar-refractivity contribution in [2.45, 2.75) is 50.9 Å². The van der Waals surface area contributed by atoms with Gasteiger partial charge in [0.2, 0.25) is 5.91 Å². The van der Waals surface area contributed by atoms with Gasteiger partial charge >= 0.3 is 24.0 Å². The zero-order valence-electron chi connectivity index (χ0n) is 15.3. The molecule has 0 aromatic carbocycles. The molecule has 0 radical (unpaired) electrons. The van der Waals surface area contributed by atoms with Crippen LogP contribution in [0.25, 0.3) is 0 Å². The summed E-state index contributed by atoms with van der Waals surface area (Å²) in [6.07, 6.45) is -4.48. The Morgan fingerprint density at radius 1 is 1.10 bits per heavy atom. The van der Waals surface area contributed by atoms with E-state index >= 15 is 0 Å². The van der Waals surface area contributed by atoms with Gasteiger partial charge < -0.3 is 30.4 Å². The quantitative estimate of drug-likeness (QED) is 0.266. The predicted octanol–water partition coefficient (Wildman–Crippen LogP) is -0.967. The van der Waals surface area contributed by atoms with Crippen LogP contribution in [-0.4, -0.2) is 59.7 Å². The van der Waals surface area contributed by atoms with Crippen molar-refractivity contribution >= 4 is 29.7 Å². The number of nitrogens with one attached hydrogen (secondary N) is 2. The van der Waals surface area contributed by atoms with E-state index in [1.54, 1.807) is 6.92 Å². The highest BCUT2D eigenvalue weighted by Gasteiger charge is 2.40. The summed E-state index contributed by atoms with van der Waals surface area (Å²) >= 11 is 0. The predicted molar refractivity (Wildman–Crippen MR) is 86.8 cm³/mol. The maximum atomic E-state index is 12.2. The Hall–Kier alpha value is -3.12. The van der Waals surface area contributed by atoms with Gasteiger partial charge in [-0.15, -0.1) is 0 Å². The largest absolute Gasteiger partial charge is 0.548 e. The van der Waals surface area contributed by atoms with Crippen LogP contribution in [-0.2, 0) is 28.7 Å². The van der Waals surface area contributed by atoms with Crippen LogP contribution in [0.1, 0.15) is 32.6 Å². The lowest BCUT2D eigenvalue weighted by Crippen LogP contribution is -2.49. The summed E-state index contributed by atoms with van der Waals surface area (Å²) in [6.45, 7) is 1.78. The van der Waals surface area contributed by atoms with Crippen LogP contribution in [0.15, 0.2) is 12.2 Å². The van der Waals surface area contributed by atoms with Gasteiger partial charge in [-0.1, -0.05) is 12.2 Å². The van der Waals surface area contributed by atoms with E-state index in [0.29, 0.717) is 0 Å². The number of amides is 2. The first-order valence-electron chi connectivity index (χ1n) is 8.29. The van der Waals surface area contributed by atoms with E-state index in [1.165, 1.54) is 17.5 Å². The van der Waals surface area contributed by atoms with Gasteiger partial charge in [0.05, 0.1) is 25.0 Å². The molecule has 0 heterocycles. The van der Waals surface area contributed by atoms with Crippen molar-refractivity contribution in [3.05, 3.63) is 12.2 Å². The fourth-order valence-corrected chi connectivity index (χ4v) is 1.89. The Labute approximate surface area is 163 Å². The van der Waals surface area contributed by atoms with Crippen molar-refractivity contribution in [1.29, 1.82) is 0 Å². The molecule has 0 fully saturated rings. The van der Waals surface area contributed by atoms with E-state index in [0.717, 1.165) is 0 Å². The molecule has 0 aliphatic heterocycles. The second kappa shape index (κ2) is 12.4. The van der Waals surface area contributed by atoms with Gasteiger partial charge in [0.15, 0.2) is 0 Å². The number of carbonyl (C=O) groups is 5. The summed E-state index contributed by atoms with van der Waals surface area (Å²) < 4.78 is 41.2. The maximum absolute atomic E-state index is 12.2. The third kappa shape index (κ3) is 11.3. The monoisotopic (exact) mass is 425 g/mol. The molecule has 0 rings (SSSR count). The average molecular weight is 425 g/mol. The fraction of sp³-hybridized carbons (Fsp3) is 0.562. The van der Waals surface area contributed by atoms with Gasteiger partial charge in [-0.3, -0.25) is 14.4 Å². The van der Waals surface area contributed by atoms with Crippen molar-refractivity contribution in [3.8, 4) is 0 Å². The number of carbonyl (C=O) groups excluding carboxylic acids is 4. The van der Waals surface area contributed by atoms with E-state index in [2.05, 4.69) is 4.74 Å². The Bertz CT molecular complexity index is 649. The number of carboxylic acids is 2. The summed E-state index contributed by atoms with van der Waals surface area (Å²) in [5, 5.41) is 23.1. The van der Waals surface area contributed by atoms with Crippen molar-refractivity contribution in [2.24, 2.45) is 0 Å². The Kier molecular flexibility index (Phi) is 11.0. The van der Waals surface area contributed by atoms with E-state index in [4.69, 9.17) is 5.11 Å². The lowest BCUT2D eigenvalue weighted by atomic mass is 10.1. The van der Waals surface area contributed by atoms with Crippen molar-refractivity contribution in [3.63, 3.8) is 0 Å². The van der Waals surface area contributed by atoms with Gasteiger partial charge in [0.25, 0.3) is 0 Å². The molecule has 3 N–H and O–H groups in total. The van der Waals surface area contributed by atoms with Crippen LogP contribution < -0.4 is 15.7 Å². The molecule has 2 amide bonds. The summed E-state index contributed by atoms with van der Waals surface area (Å²) in [5.74, 6) is -7.47. The van der Waals surface area contributed by atoms with Crippen molar-refractivity contribution in [1.82, 2.24) is 10.6 Å². The average Bonchev–Trinajstić information content (AvgIpc) is 2.59. The maximum Gasteiger partial charge on any atom is 0.471 e. The first-order valence-corrected chi connectivity index (χ1v) is 8.29. The van der Waals surface area contributed by atoms with Crippen LogP contribution in [0.3, 0.4) is 0 Å². The molecule has 10 nitrogen and oxygen atoms in total. The third-order valence-electron chi connectivity index (χ3n) is 3.27. The highest BCUT2D eigenvalue weighted by molar-refractivity contribution is 5.88. The number of rotatable bonds is 12. The van der Waals surface area contributed by atoms with E-state index in [1.807, 2.05) is 5.32 Å². The number of alkyl halides is 3. The van der Waals surface area contributed by atoms with E-state index < -0.39 is 60.8 Å². The molecular formula is C16H20F3N2O8-. The zero-order chi connectivity index (χ0) is 22.6. The minimum Gasteiger partial charge on any atom is -0.548 e. The number of carboxylic acid groups (broad SMARTS) is 2. The first kappa shape index (κ1) is 25.9. The first-order chi connectivity index (χ1) is 13.4. The molecule has 0 aliphatic carbocycles. The molecule has 0 aromatic heterocycles. The number of hydrogen-bond donors (Lipinski definition) is 3. The SMILES string of the molecule is CCOC(=O)CC=CCC(NC(=O)CC[C@@H](NC(=O)C(F)(F)F)C(=O)O)C(=O)[O-]. The number of halogens is 3. The summed E-state index contributed by atoms with van der Waals surface area (Å²) in [4.78, 5) is 55.6. The number of aliphatic carboxylic acids is 2. The van der Waals surface area contributed by atoms with Crippen LogP contribution in [0.2, 0.25) is 0 Å². The van der Waals surface area contributed by atoms with Crippen molar-refractivity contribution < 1.29 is 52.1 Å². The summed E-state index contributed by atoms with van der Waals surface area (Å²) in [7, 11) is 0. The van der Waals surface area contributed by atoms with Gasteiger partial charge in [-0.2, -0.15) is 13.2 Å². The second-order valence-electron chi connectivity index (χ2n) is 5.56. The zero-order valence-corrected chi connectivity index (χ0v) is 15.3. The van der Waals surface area contributed by atoms with Gasteiger partial charge in [0.1, 0.15) is 6.04 Å². The lowest BCUT2D eigenvalue weighted by Gasteiger charge is -2.19. The molecular weight excluding hydrogens is 405 g/mol. The Morgan fingerprint density at radius 3 is 2.21 bits per heavy atom. The van der Waals surface area contributed by atoms with Gasteiger partial charge in [0, 0.05) is 6.42 Å². The fourth-order valence-electron chi connectivity index (χ4n) is 1.89. The number of ether oxygens (including phenoxy) is 1. The standard InChI is InChI=1S/C16H21F3N2O8/c1-2-29-12(23)6-4-3-5-9(13(24)25)20-11(22)8-7-10(14(26)27)21-15(28)16(17,18)19/h3-4,9-10H,2,5-8H2,1H3,(H,20,22)(H,21,28)(H,24,25)(H,26,27)/p-1/t9?,10-/m1/s1. The van der Waals surface area contributed by atoms with E-state index in [-0.39, 0.29) is 19.4 Å². The Morgan fingerprint density at radius 2 is 1.72 bits per heavy atom. The molecule has 0 spiro atoms. The molecule has 0 aliphatic rings. The molecule has 29 heavy (non-hydrogen) atoms. The van der Waals surface area contributed by atoms with Gasteiger partial charge in [-0.05, 0) is 19.8 Å². The third-order valence-corrected chi connectivity index (χ3v) is 3.27. The second-order valence-corrected chi connectivity index (χ2v) is 5.56.